The summed E-state index contributed by atoms with van der Waals surface area (Å²) in [5.74, 6) is 0. The van der Waals surface area contributed by atoms with Crippen LogP contribution in [0.15, 0.2) is 24.5 Å². The van der Waals surface area contributed by atoms with E-state index in [1.165, 1.54) is 7.11 Å². The molecule has 0 radical (unpaired) electrons. The summed E-state index contributed by atoms with van der Waals surface area (Å²) in [4.78, 5) is 1.98. The Labute approximate surface area is 124 Å². The van der Waals surface area contributed by atoms with Gasteiger partial charge in [-0.2, -0.15) is 0 Å². The average Bonchev–Trinajstić information content (AvgIpc) is 2.48. The number of nitrogens with zero attached hydrogens (tertiary/aromatic N) is 2. The second-order valence-electron chi connectivity index (χ2n) is 5.40. The summed E-state index contributed by atoms with van der Waals surface area (Å²) >= 11 is 0. The fraction of sp³-hybridized carbons (Fsp3) is 0.643. The van der Waals surface area contributed by atoms with Crippen molar-refractivity contribution < 1.29 is 29.4 Å². The number of aliphatic hydroxyl groups is 3. The van der Waals surface area contributed by atoms with E-state index >= 15 is 0 Å². The molecule has 0 saturated carbocycles. The molecule has 0 aromatic carbocycles. The lowest BCUT2D eigenvalue weighted by molar-refractivity contribution is -0.707. The first-order valence-corrected chi connectivity index (χ1v) is 6.83. The summed E-state index contributed by atoms with van der Waals surface area (Å²) in [5.41, 5.74) is 1.06. The third-order valence-corrected chi connectivity index (χ3v) is 3.68. The Hall–Kier alpha value is -1.25. The molecule has 1 aromatic heterocycles. The number of methoxy groups -OCH3 is 1. The lowest BCUT2D eigenvalue weighted by atomic mass is 9.99. The van der Waals surface area contributed by atoms with Gasteiger partial charge >= 0.3 is 0 Å². The van der Waals surface area contributed by atoms with Crippen molar-refractivity contribution in [1.29, 1.82) is 0 Å². The van der Waals surface area contributed by atoms with Crippen molar-refractivity contribution in [2.45, 2.75) is 37.3 Å². The Morgan fingerprint density at radius 3 is 2.29 bits per heavy atom. The molecule has 7 heteroatoms. The number of aromatic nitrogens is 1. The largest absolute Gasteiger partial charge is 0.387 e. The minimum absolute atomic E-state index is 0.346. The molecule has 0 bridgehead atoms. The molecule has 0 unspecified atom stereocenters. The number of hydrogen-bond acceptors (Lipinski definition) is 6. The molecule has 7 nitrogen and oxygen atoms in total. The van der Waals surface area contributed by atoms with Gasteiger partial charge in [0, 0.05) is 39.0 Å². The van der Waals surface area contributed by atoms with Crippen molar-refractivity contribution >= 4 is 5.69 Å². The standard InChI is InChI=1S/C14H23N2O5/c1-15(2)9-4-6-16(7-5-9)8-10-11(17)12(18)13(19)14(20-3)21-10/h4-7,10-14,17-19H,8H2,1-3H3/q+1/t10-,11-,12+,13-,14+/m1/s1. The third kappa shape index (κ3) is 3.50. The lowest BCUT2D eigenvalue weighted by Gasteiger charge is -2.38. The van der Waals surface area contributed by atoms with Gasteiger partial charge in [0.15, 0.2) is 25.2 Å². The predicted molar refractivity (Wildman–Crippen MR) is 74.7 cm³/mol. The van der Waals surface area contributed by atoms with Crippen LogP contribution >= 0.6 is 0 Å². The molecule has 1 saturated heterocycles. The maximum Gasteiger partial charge on any atom is 0.186 e. The molecular formula is C14H23N2O5+. The monoisotopic (exact) mass is 299 g/mol. The molecule has 0 amide bonds. The zero-order valence-electron chi connectivity index (χ0n) is 12.5. The molecular weight excluding hydrogens is 276 g/mol. The van der Waals surface area contributed by atoms with E-state index in [-0.39, 0.29) is 0 Å². The maximum absolute atomic E-state index is 10.0. The van der Waals surface area contributed by atoms with E-state index in [0.717, 1.165) is 5.69 Å². The number of ether oxygens (including phenoxy) is 2. The van der Waals surface area contributed by atoms with Gasteiger partial charge in [0.05, 0.1) is 0 Å². The number of rotatable bonds is 4. The quantitative estimate of drug-likeness (QED) is 0.586. The summed E-state index contributed by atoms with van der Waals surface area (Å²) < 4.78 is 12.3. The highest BCUT2D eigenvalue weighted by molar-refractivity contribution is 5.41. The van der Waals surface area contributed by atoms with Crippen LogP contribution in [0.4, 0.5) is 5.69 Å². The zero-order valence-corrected chi connectivity index (χ0v) is 12.5. The number of anilines is 1. The molecule has 3 N–H and O–H groups in total. The molecule has 21 heavy (non-hydrogen) atoms. The summed E-state index contributed by atoms with van der Waals surface area (Å²) in [5, 5.41) is 29.6. The Kier molecular flexibility index (Phi) is 5.13. The van der Waals surface area contributed by atoms with Gasteiger partial charge < -0.3 is 29.7 Å². The fourth-order valence-electron chi connectivity index (χ4n) is 2.34. The van der Waals surface area contributed by atoms with Crippen molar-refractivity contribution in [2.75, 3.05) is 26.1 Å². The Balaban J connectivity index is 2.07. The molecule has 1 aromatic rings. The zero-order chi connectivity index (χ0) is 15.6. The molecule has 118 valence electrons. The van der Waals surface area contributed by atoms with Gasteiger partial charge in [-0.1, -0.05) is 0 Å². The topological polar surface area (TPSA) is 86.3 Å². The predicted octanol–water partition coefficient (Wildman–Crippen LogP) is -1.51. The highest BCUT2D eigenvalue weighted by Crippen LogP contribution is 2.21. The van der Waals surface area contributed by atoms with E-state index < -0.39 is 30.7 Å². The minimum atomic E-state index is -1.30. The van der Waals surface area contributed by atoms with Crippen LogP contribution in [0.2, 0.25) is 0 Å². The normalized spacial score (nSPS) is 33.0. The van der Waals surface area contributed by atoms with Crippen molar-refractivity contribution in [2.24, 2.45) is 0 Å². The van der Waals surface area contributed by atoms with E-state index in [0.29, 0.717) is 6.54 Å². The molecule has 5 atom stereocenters. The van der Waals surface area contributed by atoms with E-state index in [9.17, 15) is 15.3 Å². The lowest BCUT2D eigenvalue weighted by Crippen LogP contribution is -2.61. The van der Waals surface area contributed by atoms with E-state index in [1.54, 1.807) is 0 Å². The smallest absolute Gasteiger partial charge is 0.186 e. The van der Waals surface area contributed by atoms with Gasteiger partial charge in [-0.25, -0.2) is 4.57 Å². The van der Waals surface area contributed by atoms with Crippen LogP contribution in [-0.4, -0.2) is 67.2 Å². The Bertz CT molecular complexity index is 451. The number of pyridine rings is 1. The molecule has 1 fully saturated rings. The first-order valence-electron chi connectivity index (χ1n) is 6.83. The van der Waals surface area contributed by atoms with Gasteiger partial charge in [-0.05, 0) is 0 Å². The van der Waals surface area contributed by atoms with Crippen LogP contribution in [0.1, 0.15) is 0 Å². The molecule has 0 spiro atoms. The summed E-state index contributed by atoms with van der Waals surface area (Å²) in [6.45, 7) is 0.346. The van der Waals surface area contributed by atoms with Crippen molar-refractivity contribution in [3.63, 3.8) is 0 Å². The van der Waals surface area contributed by atoms with Gasteiger partial charge in [0.1, 0.15) is 24.4 Å². The van der Waals surface area contributed by atoms with Crippen LogP contribution in [0, 0.1) is 0 Å². The third-order valence-electron chi connectivity index (χ3n) is 3.68. The first-order chi connectivity index (χ1) is 9.93. The summed E-state index contributed by atoms with van der Waals surface area (Å²) in [7, 11) is 5.29. The van der Waals surface area contributed by atoms with Gasteiger partial charge in [-0.15, -0.1) is 0 Å². The van der Waals surface area contributed by atoms with Crippen molar-refractivity contribution in [1.82, 2.24) is 0 Å². The Morgan fingerprint density at radius 2 is 1.76 bits per heavy atom. The highest BCUT2D eigenvalue weighted by atomic mass is 16.7. The van der Waals surface area contributed by atoms with E-state index in [2.05, 4.69) is 0 Å². The van der Waals surface area contributed by atoms with Gasteiger partial charge in [0.25, 0.3) is 0 Å². The number of hydrogen-bond donors (Lipinski definition) is 3. The summed E-state index contributed by atoms with van der Waals surface area (Å²) in [6, 6.07) is 3.88. The Morgan fingerprint density at radius 1 is 1.14 bits per heavy atom. The molecule has 0 aliphatic carbocycles. The van der Waals surface area contributed by atoms with Crippen LogP contribution in [0.25, 0.3) is 0 Å². The highest BCUT2D eigenvalue weighted by Gasteiger charge is 2.45. The van der Waals surface area contributed by atoms with Crippen LogP contribution in [0.5, 0.6) is 0 Å². The van der Waals surface area contributed by atoms with Crippen LogP contribution < -0.4 is 9.47 Å². The minimum Gasteiger partial charge on any atom is -0.387 e. The molecule has 2 rings (SSSR count). The second kappa shape index (κ2) is 6.67. The average molecular weight is 299 g/mol. The van der Waals surface area contributed by atoms with E-state index in [4.69, 9.17) is 9.47 Å². The maximum atomic E-state index is 10.0. The first kappa shape index (κ1) is 16.1. The van der Waals surface area contributed by atoms with Crippen LogP contribution in [0.3, 0.4) is 0 Å². The summed E-state index contributed by atoms with van der Waals surface area (Å²) in [6.07, 6.45) is -1.61. The van der Waals surface area contributed by atoms with Crippen molar-refractivity contribution in [3.8, 4) is 0 Å². The molecule has 1 aliphatic heterocycles. The fourth-order valence-corrected chi connectivity index (χ4v) is 2.34. The molecule has 1 aliphatic rings. The SMILES string of the molecule is CO[C@H]1O[C@H](C[n+]2ccc(N(C)C)cc2)[C@@H](O)[C@H](O)[C@H]1O. The van der Waals surface area contributed by atoms with E-state index in [1.807, 2.05) is 48.1 Å². The van der Waals surface area contributed by atoms with Crippen molar-refractivity contribution in [3.05, 3.63) is 24.5 Å². The van der Waals surface area contributed by atoms with Gasteiger partial charge in [0.2, 0.25) is 0 Å². The number of aliphatic hydroxyl groups excluding tert-OH is 3. The van der Waals surface area contributed by atoms with Gasteiger partial charge in [-0.3, -0.25) is 0 Å². The molecule has 2 heterocycles. The van der Waals surface area contributed by atoms with Crippen LogP contribution in [-0.2, 0) is 16.0 Å². The second-order valence-corrected chi connectivity index (χ2v) is 5.40.